The Morgan fingerprint density at radius 1 is 1.12 bits per heavy atom. The van der Waals surface area contributed by atoms with Crippen LogP contribution in [0.2, 0.25) is 5.02 Å². The summed E-state index contributed by atoms with van der Waals surface area (Å²) < 4.78 is 11.7. The van der Waals surface area contributed by atoms with Gasteiger partial charge in [-0.25, -0.2) is 0 Å². The smallest absolute Gasteiger partial charge is 0.125 e. The first-order valence-electron chi connectivity index (χ1n) is 10.2. The summed E-state index contributed by atoms with van der Waals surface area (Å²) in [4.78, 5) is 2.70. The standard InChI is InChI=1S/C22H34ClNO2/c1-4-5-17-6-9-19(10-7-17)24-14-12-22(26-3,13-15-24)20-16-18(23)8-11-21(20)25-2/h8,11,16-17,19H,4-7,9-10,12-15H2,1-3H3. The maximum Gasteiger partial charge on any atom is 0.125 e. The molecule has 0 radical (unpaired) electrons. The molecule has 0 amide bonds. The van der Waals surface area contributed by atoms with Gasteiger partial charge in [-0.2, -0.15) is 0 Å². The number of ether oxygens (including phenoxy) is 2. The lowest BCUT2D eigenvalue weighted by Gasteiger charge is -2.45. The predicted molar refractivity (Wildman–Crippen MR) is 108 cm³/mol. The second kappa shape index (κ2) is 8.95. The second-order valence-electron chi connectivity index (χ2n) is 8.04. The molecule has 1 aromatic carbocycles. The van der Waals surface area contributed by atoms with Crippen molar-refractivity contribution in [1.29, 1.82) is 0 Å². The molecule has 3 rings (SSSR count). The summed E-state index contributed by atoms with van der Waals surface area (Å²) in [6.07, 6.45) is 10.3. The number of nitrogens with zero attached hydrogens (tertiary/aromatic N) is 1. The van der Waals surface area contributed by atoms with Gasteiger partial charge in [-0.15, -0.1) is 0 Å². The van der Waals surface area contributed by atoms with Crippen molar-refractivity contribution < 1.29 is 9.47 Å². The Hall–Kier alpha value is -0.770. The van der Waals surface area contributed by atoms with Crippen molar-refractivity contribution in [2.45, 2.75) is 69.9 Å². The zero-order chi connectivity index (χ0) is 18.6. The third-order valence-electron chi connectivity index (χ3n) is 6.68. The first-order chi connectivity index (χ1) is 12.6. The van der Waals surface area contributed by atoms with Crippen LogP contribution in [0, 0.1) is 5.92 Å². The van der Waals surface area contributed by atoms with E-state index in [4.69, 9.17) is 21.1 Å². The van der Waals surface area contributed by atoms with E-state index in [0.717, 1.165) is 54.2 Å². The number of hydrogen-bond acceptors (Lipinski definition) is 3. The molecule has 0 spiro atoms. The molecule has 4 heteroatoms. The van der Waals surface area contributed by atoms with Gasteiger partial charge in [-0.1, -0.05) is 31.4 Å². The average Bonchev–Trinajstić information content (AvgIpc) is 2.69. The number of benzene rings is 1. The quantitative estimate of drug-likeness (QED) is 0.637. The van der Waals surface area contributed by atoms with Gasteiger partial charge in [0, 0.05) is 36.8 Å². The number of likely N-dealkylation sites (tertiary alicyclic amines) is 1. The number of piperidine rings is 1. The molecule has 0 bridgehead atoms. The fraction of sp³-hybridized carbons (Fsp3) is 0.727. The van der Waals surface area contributed by atoms with Crippen molar-refractivity contribution in [1.82, 2.24) is 4.90 Å². The molecule has 2 fully saturated rings. The van der Waals surface area contributed by atoms with Crippen LogP contribution < -0.4 is 4.74 Å². The van der Waals surface area contributed by atoms with Crippen molar-refractivity contribution >= 4 is 11.6 Å². The van der Waals surface area contributed by atoms with Crippen molar-refractivity contribution in [2.24, 2.45) is 5.92 Å². The van der Waals surface area contributed by atoms with E-state index in [1.54, 1.807) is 7.11 Å². The van der Waals surface area contributed by atoms with Crippen LogP contribution in [-0.2, 0) is 10.3 Å². The number of hydrogen-bond donors (Lipinski definition) is 0. The average molecular weight is 380 g/mol. The highest BCUT2D eigenvalue weighted by Crippen LogP contribution is 2.43. The number of halogens is 1. The molecular weight excluding hydrogens is 346 g/mol. The molecule has 1 heterocycles. The summed E-state index contributed by atoms with van der Waals surface area (Å²) >= 11 is 6.28. The summed E-state index contributed by atoms with van der Waals surface area (Å²) in [6.45, 7) is 4.49. The van der Waals surface area contributed by atoms with Gasteiger partial charge < -0.3 is 14.4 Å². The van der Waals surface area contributed by atoms with Gasteiger partial charge in [-0.05, 0) is 62.6 Å². The minimum Gasteiger partial charge on any atom is -0.496 e. The van der Waals surface area contributed by atoms with E-state index in [1.807, 2.05) is 25.3 Å². The van der Waals surface area contributed by atoms with Gasteiger partial charge in [0.2, 0.25) is 0 Å². The third-order valence-corrected chi connectivity index (χ3v) is 6.91. The highest BCUT2D eigenvalue weighted by atomic mass is 35.5. The van der Waals surface area contributed by atoms with E-state index < -0.39 is 0 Å². The van der Waals surface area contributed by atoms with Crippen molar-refractivity contribution in [3.63, 3.8) is 0 Å². The Morgan fingerprint density at radius 3 is 2.38 bits per heavy atom. The molecule has 26 heavy (non-hydrogen) atoms. The largest absolute Gasteiger partial charge is 0.496 e. The van der Waals surface area contributed by atoms with E-state index in [1.165, 1.54) is 38.5 Å². The number of rotatable bonds is 6. The molecule has 0 aromatic heterocycles. The van der Waals surface area contributed by atoms with E-state index in [0.29, 0.717) is 0 Å². The van der Waals surface area contributed by atoms with Gasteiger partial charge in [0.25, 0.3) is 0 Å². The maximum absolute atomic E-state index is 6.28. The predicted octanol–water partition coefficient (Wildman–Crippen LogP) is 5.65. The molecule has 3 nitrogen and oxygen atoms in total. The van der Waals surface area contributed by atoms with Crippen LogP contribution in [0.1, 0.15) is 63.9 Å². The van der Waals surface area contributed by atoms with Crippen LogP contribution in [0.15, 0.2) is 18.2 Å². The Bertz CT molecular complexity index is 576. The fourth-order valence-electron chi connectivity index (χ4n) is 5.08. The normalized spacial score (nSPS) is 26.6. The highest BCUT2D eigenvalue weighted by molar-refractivity contribution is 6.30. The zero-order valence-electron chi connectivity index (χ0n) is 16.6. The Balaban J connectivity index is 1.65. The zero-order valence-corrected chi connectivity index (χ0v) is 17.4. The minimum absolute atomic E-state index is 0.286. The summed E-state index contributed by atoms with van der Waals surface area (Å²) in [5.74, 6) is 1.85. The van der Waals surface area contributed by atoms with Gasteiger partial charge in [0.15, 0.2) is 0 Å². The first-order valence-corrected chi connectivity index (χ1v) is 10.6. The van der Waals surface area contributed by atoms with Crippen LogP contribution in [0.3, 0.4) is 0 Å². The van der Waals surface area contributed by atoms with E-state index in [-0.39, 0.29) is 5.60 Å². The maximum atomic E-state index is 6.28. The molecule has 0 atom stereocenters. The van der Waals surface area contributed by atoms with Gasteiger partial charge in [0.1, 0.15) is 5.75 Å². The van der Waals surface area contributed by atoms with Crippen LogP contribution in [0.5, 0.6) is 5.75 Å². The number of methoxy groups -OCH3 is 2. The Kier molecular flexibility index (Phi) is 6.87. The molecule has 0 unspecified atom stereocenters. The van der Waals surface area contributed by atoms with Gasteiger partial charge in [0.05, 0.1) is 12.7 Å². The Morgan fingerprint density at radius 2 is 1.81 bits per heavy atom. The SMILES string of the molecule is CCCC1CCC(N2CCC(OC)(c3cc(Cl)ccc3OC)CC2)CC1. The molecular formula is C22H34ClNO2. The second-order valence-corrected chi connectivity index (χ2v) is 8.48. The summed E-state index contributed by atoms with van der Waals surface area (Å²) in [6, 6.07) is 6.63. The van der Waals surface area contributed by atoms with Crippen LogP contribution in [-0.4, -0.2) is 38.3 Å². The van der Waals surface area contributed by atoms with Crippen molar-refractivity contribution in [3.8, 4) is 5.75 Å². The molecule has 1 saturated heterocycles. The molecule has 1 aliphatic carbocycles. The Labute approximate surface area is 164 Å². The molecule has 1 aliphatic heterocycles. The van der Waals surface area contributed by atoms with Crippen LogP contribution in [0.25, 0.3) is 0 Å². The molecule has 1 saturated carbocycles. The van der Waals surface area contributed by atoms with Gasteiger partial charge in [-0.3, -0.25) is 0 Å². The molecule has 2 aliphatic rings. The van der Waals surface area contributed by atoms with Crippen LogP contribution in [0.4, 0.5) is 0 Å². The first kappa shape index (κ1) is 20.0. The third kappa shape index (κ3) is 4.21. The highest BCUT2D eigenvalue weighted by Gasteiger charge is 2.40. The van der Waals surface area contributed by atoms with Crippen molar-refractivity contribution in [3.05, 3.63) is 28.8 Å². The van der Waals surface area contributed by atoms with Crippen LogP contribution >= 0.6 is 11.6 Å². The summed E-state index contributed by atoms with van der Waals surface area (Å²) in [5, 5.41) is 0.744. The fourth-order valence-corrected chi connectivity index (χ4v) is 5.25. The summed E-state index contributed by atoms with van der Waals surface area (Å²) in [5.41, 5.74) is 0.813. The van der Waals surface area contributed by atoms with Crippen molar-refractivity contribution in [2.75, 3.05) is 27.3 Å². The lowest BCUT2D eigenvalue weighted by molar-refractivity contribution is -0.0734. The monoisotopic (exact) mass is 379 g/mol. The molecule has 0 N–H and O–H groups in total. The van der Waals surface area contributed by atoms with E-state index in [9.17, 15) is 0 Å². The van der Waals surface area contributed by atoms with E-state index in [2.05, 4.69) is 11.8 Å². The molecule has 146 valence electrons. The lowest BCUT2D eigenvalue weighted by atomic mass is 9.80. The van der Waals surface area contributed by atoms with E-state index >= 15 is 0 Å². The molecule has 1 aromatic rings. The topological polar surface area (TPSA) is 21.7 Å². The van der Waals surface area contributed by atoms with Gasteiger partial charge >= 0.3 is 0 Å². The minimum atomic E-state index is -0.286. The summed E-state index contributed by atoms with van der Waals surface area (Å²) in [7, 11) is 3.55. The lowest BCUT2D eigenvalue weighted by Crippen LogP contribution is -2.48.